The molecule has 1 aromatic rings. The van der Waals surface area contributed by atoms with Crippen molar-refractivity contribution in [1.82, 2.24) is 9.97 Å². The van der Waals surface area contributed by atoms with Gasteiger partial charge in [-0.25, -0.2) is 9.97 Å². The van der Waals surface area contributed by atoms with E-state index in [9.17, 15) is 0 Å². The van der Waals surface area contributed by atoms with Crippen LogP contribution in [0.3, 0.4) is 0 Å². The Morgan fingerprint density at radius 1 is 1.47 bits per heavy atom. The maximum Gasteiger partial charge on any atom is 0.135 e. The Morgan fingerprint density at radius 2 is 2.18 bits per heavy atom. The summed E-state index contributed by atoms with van der Waals surface area (Å²) in [5.41, 5.74) is 5.70. The molecule has 1 heterocycles. The third-order valence-electron chi connectivity index (χ3n) is 2.22. The minimum absolute atomic E-state index is 0.0330. The van der Waals surface area contributed by atoms with Crippen LogP contribution in [0.25, 0.3) is 0 Å². The molecule has 0 saturated carbocycles. The van der Waals surface area contributed by atoms with E-state index in [2.05, 4.69) is 15.3 Å². The first-order valence-corrected chi connectivity index (χ1v) is 5.57. The van der Waals surface area contributed by atoms with Gasteiger partial charge in [-0.3, -0.25) is 0 Å². The number of aromatic nitrogens is 2. The summed E-state index contributed by atoms with van der Waals surface area (Å²) in [5, 5.41) is 12.2. The number of nitrogen functional groups attached to an aromatic ring is 1. The number of methoxy groups -OCH3 is 1. The van der Waals surface area contributed by atoms with Crippen LogP contribution >= 0.6 is 0 Å². The van der Waals surface area contributed by atoms with Crippen molar-refractivity contribution in [3.8, 4) is 0 Å². The van der Waals surface area contributed by atoms with Crippen molar-refractivity contribution < 1.29 is 9.84 Å². The summed E-state index contributed by atoms with van der Waals surface area (Å²) in [6.45, 7) is 4.36. The van der Waals surface area contributed by atoms with Gasteiger partial charge >= 0.3 is 0 Å². The smallest absolute Gasteiger partial charge is 0.135 e. The molecule has 4 N–H and O–H groups in total. The second-order valence-electron chi connectivity index (χ2n) is 4.17. The average molecular weight is 240 g/mol. The van der Waals surface area contributed by atoms with Crippen LogP contribution in [0.5, 0.6) is 0 Å². The van der Waals surface area contributed by atoms with Crippen molar-refractivity contribution in [2.24, 2.45) is 0 Å². The molecule has 0 fully saturated rings. The summed E-state index contributed by atoms with van der Waals surface area (Å²) in [4.78, 5) is 8.48. The predicted octanol–water partition coefficient (Wildman–Crippen LogP) is 0.601. The highest BCUT2D eigenvalue weighted by Crippen LogP contribution is 2.15. The number of nitrogens with one attached hydrogen (secondary N) is 1. The molecule has 1 aromatic heterocycles. The number of hydrogen-bond acceptors (Lipinski definition) is 6. The Balaban J connectivity index is 2.82. The number of nitrogens with zero attached hydrogens (tertiary/aromatic N) is 2. The van der Waals surface area contributed by atoms with Gasteiger partial charge in [-0.05, 0) is 0 Å². The molecule has 0 bridgehead atoms. The Kier molecular flexibility index (Phi) is 5.11. The fourth-order valence-corrected chi connectivity index (χ4v) is 1.37. The molecule has 6 nitrogen and oxygen atoms in total. The van der Waals surface area contributed by atoms with E-state index in [0.717, 1.165) is 0 Å². The maximum atomic E-state index is 9.15. The van der Waals surface area contributed by atoms with E-state index in [4.69, 9.17) is 15.6 Å². The van der Waals surface area contributed by atoms with Crippen molar-refractivity contribution in [2.75, 3.05) is 31.4 Å². The Morgan fingerprint density at radius 3 is 2.71 bits per heavy atom. The van der Waals surface area contributed by atoms with Gasteiger partial charge in [-0.15, -0.1) is 0 Å². The summed E-state index contributed by atoms with van der Waals surface area (Å²) >= 11 is 0. The van der Waals surface area contributed by atoms with Gasteiger partial charge in [-0.1, -0.05) is 13.8 Å². The van der Waals surface area contributed by atoms with Gasteiger partial charge in [0.25, 0.3) is 0 Å². The first-order valence-electron chi connectivity index (χ1n) is 5.57. The lowest BCUT2D eigenvalue weighted by molar-refractivity contribution is 0.153. The monoisotopic (exact) mass is 240 g/mol. The minimum atomic E-state index is -0.200. The summed E-state index contributed by atoms with van der Waals surface area (Å²) in [6.07, 6.45) is 0. The normalized spacial score (nSPS) is 12.8. The van der Waals surface area contributed by atoms with Gasteiger partial charge < -0.3 is 20.9 Å². The second-order valence-corrected chi connectivity index (χ2v) is 4.17. The van der Waals surface area contributed by atoms with Crippen LogP contribution in [0.1, 0.15) is 25.6 Å². The third-order valence-corrected chi connectivity index (χ3v) is 2.22. The highest BCUT2D eigenvalue weighted by molar-refractivity contribution is 5.45. The lowest BCUT2D eigenvalue weighted by Gasteiger charge is -2.17. The molecule has 6 heteroatoms. The quantitative estimate of drug-likeness (QED) is 0.674. The zero-order valence-electron chi connectivity index (χ0n) is 10.5. The van der Waals surface area contributed by atoms with E-state index in [0.29, 0.717) is 24.1 Å². The van der Waals surface area contributed by atoms with Crippen LogP contribution in [0, 0.1) is 0 Å². The highest BCUT2D eigenvalue weighted by Gasteiger charge is 2.11. The van der Waals surface area contributed by atoms with Crippen LogP contribution in [0.2, 0.25) is 0 Å². The molecule has 1 unspecified atom stereocenters. The van der Waals surface area contributed by atoms with E-state index >= 15 is 0 Å². The van der Waals surface area contributed by atoms with Gasteiger partial charge in [0.2, 0.25) is 0 Å². The van der Waals surface area contributed by atoms with E-state index < -0.39 is 0 Å². The number of rotatable bonds is 6. The molecular formula is C11H20N4O2. The highest BCUT2D eigenvalue weighted by atomic mass is 16.5. The standard InChI is InChI=1S/C11H20N4O2/c1-7(2)11-14-9(12)4-10(15-11)13-8(5-16)6-17-3/h4,7-8,16H,5-6H2,1-3H3,(H3,12,13,14,15). The van der Waals surface area contributed by atoms with Crippen molar-refractivity contribution in [3.63, 3.8) is 0 Å². The van der Waals surface area contributed by atoms with Crippen molar-refractivity contribution in [3.05, 3.63) is 11.9 Å². The number of ether oxygens (including phenoxy) is 1. The van der Waals surface area contributed by atoms with E-state index in [1.165, 1.54) is 0 Å². The molecule has 0 radical (unpaired) electrons. The molecule has 0 spiro atoms. The van der Waals surface area contributed by atoms with Crippen molar-refractivity contribution in [2.45, 2.75) is 25.8 Å². The SMILES string of the molecule is COCC(CO)Nc1cc(N)nc(C(C)C)n1. The van der Waals surface area contributed by atoms with Gasteiger partial charge in [-0.2, -0.15) is 0 Å². The molecule has 0 saturated heterocycles. The number of nitrogens with two attached hydrogens (primary N) is 1. The summed E-state index contributed by atoms with van der Waals surface area (Å²) in [7, 11) is 1.58. The molecule has 0 aliphatic carbocycles. The predicted molar refractivity (Wildman–Crippen MR) is 66.9 cm³/mol. The van der Waals surface area contributed by atoms with E-state index in [1.54, 1.807) is 13.2 Å². The molecule has 0 aliphatic rings. The molecular weight excluding hydrogens is 220 g/mol. The number of aliphatic hydroxyl groups excluding tert-OH is 1. The number of aliphatic hydroxyl groups is 1. The number of anilines is 2. The van der Waals surface area contributed by atoms with Gasteiger partial charge in [0.05, 0.1) is 19.3 Å². The van der Waals surface area contributed by atoms with Gasteiger partial charge in [0, 0.05) is 19.1 Å². The molecule has 1 rings (SSSR count). The summed E-state index contributed by atoms with van der Waals surface area (Å²) in [6, 6.07) is 1.44. The van der Waals surface area contributed by atoms with E-state index in [-0.39, 0.29) is 18.6 Å². The van der Waals surface area contributed by atoms with Crippen LogP contribution in [-0.4, -0.2) is 41.4 Å². The molecule has 0 aliphatic heterocycles. The largest absolute Gasteiger partial charge is 0.394 e. The lowest BCUT2D eigenvalue weighted by Crippen LogP contribution is -2.29. The summed E-state index contributed by atoms with van der Waals surface area (Å²) < 4.78 is 4.98. The van der Waals surface area contributed by atoms with Crippen LogP contribution < -0.4 is 11.1 Å². The third kappa shape index (κ3) is 4.16. The molecule has 17 heavy (non-hydrogen) atoms. The lowest BCUT2D eigenvalue weighted by atomic mass is 10.2. The first-order chi connectivity index (χ1) is 8.06. The molecule has 1 atom stereocenters. The van der Waals surface area contributed by atoms with Gasteiger partial charge in [0.1, 0.15) is 17.5 Å². The van der Waals surface area contributed by atoms with Crippen LogP contribution in [0.15, 0.2) is 6.07 Å². The molecule has 96 valence electrons. The van der Waals surface area contributed by atoms with Crippen LogP contribution in [-0.2, 0) is 4.74 Å². The summed E-state index contributed by atoms with van der Waals surface area (Å²) in [5.74, 6) is 1.91. The first kappa shape index (κ1) is 13.7. The Bertz CT molecular complexity index is 357. The Labute approximate surface area is 101 Å². The fourth-order valence-electron chi connectivity index (χ4n) is 1.37. The van der Waals surface area contributed by atoms with Gasteiger partial charge in [0.15, 0.2) is 0 Å². The molecule has 0 aromatic carbocycles. The fraction of sp³-hybridized carbons (Fsp3) is 0.636. The second kappa shape index (κ2) is 6.36. The van der Waals surface area contributed by atoms with Crippen molar-refractivity contribution in [1.29, 1.82) is 0 Å². The average Bonchev–Trinajstić information content (AvgIpc) is 2.27. The Hall–Kier alpha value is -1.40. The minimum Gasteiger partial charge on any atom is -0.394 e. The maximum absolute atomic E-state index is 9.15. The number of hydrogen-bond donors (Lipinski definition) is 3. The van der Waals surface area contributed by atoms with Crippen LogP contribution in [0.4, 0.5) is 11.6 Å². The zero-order chi connectivity index (χ0) is 12.8. The molecule has 0 amide bonds. The van der Waals surface area contributed by atoms with Crippen molar-refractivity contribution >= 4 is 11.6 Å². The topological polar surface area (TPSA) is 93.3 Å². The zero-order valence-corrected chi connectivity index (χ0v) is 10.5. The van der Waals surface area contributed by atoms with E-state index in [1.807, 2.05) is 13.8 Å².